The standard InChI is InChI=1S/C10H21FO/c1-4-5-10(8-12-3)9(2)6-7-11/h9-10H,4-8H2,1-3H3/t9?,10-/m0/s1. The summed E-state index contributed by atoms with van der Waals surface area (Å²) in [6.45, 7) is 4.84. The normalized spacial score (nSPS) is 16.0. The molecule has 0 rings (SSSR count). The van der Waals surface area contributed by atoms with Crippen LogP contribution >= 0.6 is 0 Å². The first-order valence-electron chi connectivity index (χ1n) is 4.81. The van der Waals surface area contributed by atoms with Gasteiger partial charge in [-0.25, -0.2) is 0 Å². The van der Waals surface area contributed by atoms with E-state index in [0.29, 0.717) is 18.3 Å². The Bertz CT molecular complexity index is 89.8. The van der Waals surface area contributed by atoms with Crippen LogP contribution in [0.4, 0.5) is 4.39 Å². The van der Waals surface area contributed by atoms with Crippen LogP contribution in [-0.2, 0) is 4.74 Å². The third-order valence-corrected chi connectivity index (χ3v) is 2.41. The largest absolute Gasteiger partial charge is 0.384 e. The molecule has 0 aromatic heterocycles. The quantitative estimate of drug-likeness (QED) is 0.579. The van der Waals surface area contributed by atoms with Gasteiger partial charge in [-0.3, -0.25) is 4.39 Å². The minimum Gasteiger partial charge on any atom is -0.384 e. The van der Waals surface area contributed by atoms with Crippen LogP contribution in [-0.4, -0.2) is 20.4 Å². The minimum atomic E-state index is -0.203. The lowest BCUT2D eigenvalue weighted by molar-refractivity contribution is 0.113. The van der Waals surface area contributed by atoms with E-state index in [-0.39, 0.29) is 6.67 Å². The molecule has 0 fully saturated rings. The van der Waals surface area contributed by atoms with Crippen LogP contribution in [0, 0.1) is 11.8 Å². The second-order valence-corrected chi connectivity index (χ2v) is 3.46. The summed E-state index contributed by atoms with van der Waals surface area (Å²) in [4.78, 5) is 0. The zero-order valence-corrected chi connectivity index (χ0v) is 8.48. The minimum absolute atomic E-state index is 0.203. The van der Waals surface area contributed by atoms with Gasteiger partial charge in [0.05, 0.1) is 6.67 Å². The van der Waals surface area contributed by atoms with E-state index >= 15 is 0 Å². The molecule has 0 aliphatic rings. The number of halogens is 1. The maximum Gasteiger partial charge on any atom is 0.0897 e. The lowest BCUT2D eigenvalue weighted by Crippen LogP contribution is -2.17. The molecular formula is C10H21FO. The van der Waals surface area contributed by atoms with Crippen LogP contribution in [0.5, 0.6) is 0 Å². The number of hydrogen-bond acceptors (Lipinski definition) is 1. The van der Waals surface area contributed by atoms with Crippen LogP contribution in [0.25, 0.3) is 0 Å². The third-order valence-electron chi connectivity index (χ3n) is 2.41. The fraction of sp³-hybridized carbons (Fsp3) is 1.00. The van der Waals surface area contributed by atoms with Crippen molar-refractivity contribution in [2.45, 2.75) is 33.1 Å². The van der Waals surface area contributed by atoms with Crippen LogP contribution in [0.3, 0.4) is 0 Å². The van der Waals surface area contributed by atoms with E-state index in [9.17, 15) is 4.39 Å². The molecule has 2 atom stereocenters. The Morgan fingerprint density at radius 2 is 2.00 bits per heavy atom. The molecule has 0 bridgehead atoms. The molecule has 1 nitrogen and oxygen atoms in total. The van der Waals surface area contributed by atoms with E-state index in [4.69, 9.17) is 4.74 Å². The summed E-state index contributed by atoms with van der Waals surface area (Å²) < 4.78 is 17.1. The van der Waals surface area contributed by atoms with Crippen molar-refractivity contribution < 1.29 is 9.13 Å². The summed E-state index contributed by atoms with van der Waals surface area (Å²) in [5.41, 5.74) is 0. The van der Waals surface area contributed by atoms with E-state index in [0.717, 1.165) is 19.4 Å². The van der Waals surface area contributed by atoms with Crippen molar-refractivity contribution in [3.8, 4) is 0 Å². The highest BCUT2D eigenvalue weighted by Gasteiger charge is 2.15. The van der Waals surface area contributed by atoms with E-state index in [2.05, 4.69) is 13.8 Å². The molecule has 0 aromatic rings. The van der Waals surface area contributed by atoms with Crippen molar-refractivity contribution in [2.75, 3.05) is 20.4 Å². The summed E-state index contributed by atoms with van der Waals surface area (Å²) in [6, 6.07) is 0. The molecule has 12 heavy (non-hydrogen) atoms. The molecule has 74 valence electrons. The summed E-state index contributed by atoms with van der Waals surface area (Å²) in [5.74, 6) is 0.991. The second kappa shape index (κ2) is 7.53. The van der Waals surface area contributed by atoms with Gasteiger partial charge in [0.25, 0.3) is 0 Å². The van der Waals surface area contributed by atoms with Gasteiger partial charge in [0.15, 0.2) is 0 Å². The van der Waals surface area contributed by atoms with Crippen LogP contribution in [0.1, 0.15) is 33.1 Å². The summed E-state index contributed by atoms with van der Waals surface area (Å²) in [6.07, 6.45) is 2.98. The molecule has 0 N–H and O–H groups in total. The average Bonchev–Trinajstić information content (AvgIpc) is 2.04. The molecule has 0 heterocycles. The summed E-state index contributed by atoms with van der Waals surface area (Å²) in [7, 11) is 1.71. The van der Waals surface area contributed by atoms with Gasteiger partial charge in [-0.05, 0) is 24.7 Å². The number of alkyl halides is 1. The van der Waals surface area contributed by atoms with Crippen LogP contribution in [0.15, 0.2) is 0 Å². The van der Waals surface area contributed by atoms with Gasteiger partial charge in [0.1, 0.15) is 0 Å². The number of hydrogen-bond donors (Lipinski definition) is 0. The van der Waals surface area contributed by atoms with E-state index in [1.165, 1.54) is 0 Å². The van der Waals surface area contributed by atoms with Crippen molar-refractivity contribution in [3.63, 3.8) is 0 Å². The Morgan fingerprint density at radius 3 is 2.42 bits per heavy atom. The van der Waals surface area contributed by atoms with Gasteiger partial charge in [0, 0.05) is 13.7 Å². The van der Waals surface area contributed by atoms with E-state index in [1.807, 2.05) is 0 Å². The predicted molar refractivity (Wildman–Crippen MR) is 50.0 cm³/mol. The first-order valence-corrected chi connectivity index (χ1v) is 4.81. The molecule has 1 unspecified atom stereocenters. The Labute approximate surface area is 75.3 Å². The molecular weight excluding hydrogens is 155 g/mol. The second-order valence-electron chi connectivity index (χ2n) is 3.46. The van der Waals surface area contributed by atoms with Crippen molar-refractivity contribution >= 4 is 0 Å². The Balaban J connectivity index is 3.72. The first-order chi connectivity index (χ1) is 5.76. The zero-order valence-electron chi connectivity index (χ0n) is 8.48. The highest BCUT2D eigenvalue weighted by Crippen LogP contribution is 2.20. The van der Waals surface area contributed by atoms with Gasteiger partial charge in [-0.1, -0.05) is 20.3 Å². The molecule has 2 heteroatoms. The monoisotopic (exact) mass is 176 g/mol. The van der Waals surface area contributed by atoms with Crippen molar-refractivity contribution in [1.29, 1.82) is 0 Å². The predicted octanol–water partition coefficient (Wildman–Crippen LogP) is 3.04. The molecule has 0 spiro atoms. The Hall–Kier alpha value is -0.110. The topological polar surface area (TPSA) is 9.23 Å². The number of rotatable bonds is 7. The maximum absolute atomic E-state index is 12.0. The average molecular weight is 176 g/mol. The van der Waals surface area contributed by atoms with Crippen molar-refractivity contribution in [2.24, 2.45) is 11.8 Å². The lowest BCUT2D eigenvalue weighted by Gasteiger charge is -2.21. The molecule has 0 radical (unpaired) electrons. The number of ether oxygens (including phenoxy) is 1. The number of methoxy groups -OCH3 is 1. The molecule has 0 aliphatic heterocycles. The summed E-state index contributed by atoms with van der Waals surface area (Å²) >= 11 is 0. The smallest absolute Gasteiger partial charge is 0.0897 e. The van der Waals surface area contributed by atoms with Crippen LogP contribution < -0.4 is 0 Å². The van der Waals surface area contributed by atoms with Gasteiger partial charge in [-0.2, -0.15) is 0 Å². The first kappa shape index (κ1) is 11.9. The molecule has 0 amide bonds. The maximum atomic E-state index is 12.0. The van der Waals surface area contributed by atoms with E-state index in [1.54, 1.807) is 7.11 Å². The fourth-order valence-corrected chi connectivity index (χ4v) is 1.52. The van der Waals surface area contributed by atoms with Gasteiger partial charge in [0.2, 0.25) is 0 Å². The Morgan fingerprint density at radius 1 is 1.33 bits per heavy atom. The fourth-order valence-electron chi connectivity index (χ4n) is 1.52. The lowest BCUT2D eigenvalue weighted by atomic mass is 9.89. The van der Waals surface area contributed by atoms with Gasteiger partial charge < -0.3 is 4.74 Å². The highest BCUT2D eigenvalue weighted by atomic mass is 19.1. The van der Waals surface area contributed by atoms with Crippen molar-refractivity contribution in [3.05, 3.63) is 0 Å². The van der Waals surface area contributed by atoms with E-state index < -0.39 is 0 Å². The van der Waals surface area contributed by atoms with Crippen molar-refractivity contribution in [1.82, 2.24) is 0 Å². The van der Waals surface area contributed by atoms with Gasteiger partial charge in [-0.15, -0.1) is 0 Å². The van der Waals surface area contributed by atoms with Crippen LogP contribution in [0.2, 0.25) is 0 Å². The molecule has 0 saturated heterocycles. The van der Waals surface area contributed by atoms with Gasteiger partial charge >= 0.3 is 0 Å². The molecule has 0 aromatic carbocycles. The summed E-state index contributed by atoms with van der Waals surface area (Å²) in [5, 5.41) is 0. The SMILES string of the molecule is CCC[C@@H](COC)C(C)CCF. The molecule has 0 saturated carbocycles. The zero-order chi connectivity index (χ0) is 9.40. The molecule has 0 aliphatic carbocycles. The Kier molecular flexibility index (Phi) is 7.47. The highest BCUT2D eigenvalue weighted by molar-refractivity contribution is 4.65. The third kappa shape index (κ3) is 4.70.